The van der Waals surface area contributed by atoms with E-state index < -0.39 is 12.8 Å². The lowest BCUT2D eigenvalue weighted by atomic mass is 10.1. The number of benzene rings is 1. The highest BCUT2D eigenvalue weighted by Gasteiger charge is 2.32. The van der Waals surface area contributed by atoms with Crippen LogP contribution in [0.4, 0.5) is 0 Å². The second-order valence-corrected chi connectivity index (χ2v) is 12.1. The van der Waals surface area contributed by atoms with Crippen LogP contribution in [0, 0.1) is 0 Å². The van der Waals surface area contributed by atoms with Crippen LogP contribution >= 0.6 is 0 Å². The molecule has 5 heteroatoms. The number of hydrogen-bond donors (Lipinski definition) is 0. The van der Waals surface area contributed by atoms with Crippen LogP contribution in [0.25, 0.3) is 0 Å². The molecule has 1 heterocycles. The van der Waals surface area contributed by atoms with Crippen molar-refractivity contribution >= 4 is 0 Å². The Balaban J connectivity index is 1.79. The van der Waals surface area contributed by atoms with Crippen LogP contribution in [0.2, 0.25) is 0 Å². The van der Waals surface area contributed by atoms with E-state index in [2.05, 4.69) is 37.5 Å². The van der Waals surface area contributed by atoms with E-state index in [1.807, 2.05) is 24.3 Å². The maximum Gasteiger partial charge on any atom is 0.266 e. The fraction of sp³-hybridized carbons (Fsp3) is 0.833. The summed E-state index contributed by atoms with van der Waals surface area (Å²) in [5.41, 5.74) is 0. The van der Waals surface area contributed by atoms with Gasteiger partial charge in [-0.15, -0.1) is 0 Å². The molecule has 0 aromatic heterocycles. The number of ether oxygens (including phenoxy) is 3. The molecule has 0 N–H and O–H groups in total. The van der Waals surface area contributed by atoms with E-state index in [1.165, 1.54) is 128 Å². The zero-order valence-corrected chi connectivity index (χ0v) is 27.6. The van der Waals surface area contributed by atoms with Crippen molar-refractivity contribution in [3.63, 3.8) is 0 Å². The number of fused-ring (bicyclic) bond motifs is 1. The molecular weight excluding hydrogens is 508 g/mol. The van der Waals surface area contributed by atoms with Crippen LogP contribution in [0.3, 0.4) is 0 Å². The molecule has 0 bridgehead atoms. The van der Waals surface area contributed by atoms with Crippen molar-refractivity contribution in [1.82, 2.24) is 9.80 Å². The third kappa shape index (κ3) is 15.7. The maximum atomic E-state index is 6.59. The summed E-state index contributed by atoms with van der Waals surface area (Å²) in [6.07, 6.45) is 26.1. The van der Waals surface area contributed by atoms with Crippen molar-refractivity contribution in [2.75, 3.05) is 26.2 Å². The zero-order chi connectivity index (χ0) is 29.4. The van der Waals surface area contributed by atoms with Gasteiger partial charge in [-0.25, -0.2) is 9.80 Å². The molecular formula is C36H66N2O3. The van der Waals surface area contributed by atoms with E-state index in [1.54, 1.807) is 0 Å². The molecule has 5 nitrogen and oxygen atoms in total. The van der Waals surface area contributed by atoms with Gasteiger partial charge in [0.05, 0.1) is 0 Å². The number of rotatable bonds is 26. The van der Waals surface area contributed by atoms with Crippen LogP contribution in [-0.4, -0.2) is 48.8 Å². The van der Waals surface area contributed by atoms with Gasteiger partial charge in [0, 0.05) is 26.2 Å². The molecule has 238 valence electrons. The standard InChI is InChI=1S/C36H66N2O3/c1-5-9-11-13-15-17-19-21-23-27-31-37(7-3)35-39-33-29-25-26-30-34(33)40-36(41-35)38(8-4)32-28-24-22-20-18-16-14-12-10-6-2/h25-26,29-30,35-36H,5-24,27-28,31-32H2,1-4H3. The van der Waals surface area contributed by atoms with Crippen LogP contribution in [-0.2, 0) is 4.74 Å². The van der Waals surface area contributed by atoms with Crippen molar-refractivity contribution in [2.24, 2.45) is 0 Å². The summed E-state index contributed by atoms with van der Waals surface area (Å²) in [4.78, 5) is 4.66. The predicted octanol–water partition coefficient (Wildman–Crippen LogP) is 10.5. The average molecular weight is 575 g/mol. The van der Waals surface area contributed by atoms with E-state index in [0.29, 0.717) is 0 Å². The monoisotopic (exact) mass is 575 g/mol. The second kappa shape index (κ2) is 24.2. The molecule has 2 unspecified atom stereocenters. The summed E-state index contributed by atoms with van der Waals surface area (Å²) < 4.78 is 19.5. The van der Waals surface area contributed by atoms with Crippen LogP contribution < -0.4 is 9.47 Å². The Morgan fingerprint density at radius 1 is 0.463 bits per heavy atom. The minimum Gasteiger partial charge on any atom is -0.447 e. The van der Waals surface area contributed by atoms with Crippen LogP contribution in [0.5, 0.6) is 11.5 Å². The first-order valence-electron chi connectivity index (χ1n) is 17.8. The first-order valence-corrected chi connectivity index (χ1v) is 17.8. The summed E-state index contributed by atoms with van der Waals surface area (Å²) in [6.45, 7) is 12.7. The van der Waals surface area contributed by atoms with Gasteiger partial charge >= 0.3 is 0 Å². The minimum absolute atomic E-state index is 0.436. The van der Waals surface area contributed by atoms with E-state index in [9.17, 15) is 0 Å². The third-order valence-corrected chi connectivity index (χ3v) is 8.54. The SMILES string of the molecule is CCCCCCCCCCCCN(CC)C1Oc2ccccc2OC(N(CC)CCCCCCCCCCCC)O1. The molecule has 0 amide bonds. The van der Waals surface area contributed by atoms with Gasteiger partial charge in [0.25, 0.3) is 12.8 Å². The fourth-order valence-corrected chi connectivity index (χ4v) is 5.77. The van der Waals surface area contributed by atoms with Gasteiger partial charge in [-0.1, -0.05) is 155 Å². The molecule has 2 atom stereocenters. The van der Waals surface area contributed by atoms with Crippen molar-refractivity contribution in [3.8, 4) is 11.5 Å². The topological polar surface area (TPSA) is 34.2 Å². The molecule has 0 saturated carbocycles. The van der Waals surface area contributed by atoms with E-state index in [4.69, 9.17) is 14.2 Å². The Kier molecular flexibility index (Phi) is 21.2. The largest absolute Gasteiger partial charge is 0.447 e. The third-order valence-electron chi connectivity index (χ3n) is 8.54. The van der Waals surface area contributed by atoms with Gasteiger partial charge in [0.2, 0.25) is 0 Å². The number of hydrogen-bond acceptors (Lipinski definition) is 5. The molecule has 0 spiro atoms. The van der Waals surface area contributed by atoms with Gasteiger partial charge in [-0.05, 0) is 25.0 Å². The number of para-hydroxylation sites is 2. The normalized spacial score (nSPS) is 16.9. The van der Waals surface area contributed by atoms with Crippen molar-refractivity contribution in [2.45, 2.75) is 169 Å². The molecule has 0 fully saturated rings. The van der Waals surface area contributed by atoms with Crippen LogP contribution in [0.15, 0.2) is 24.3 Å². The lowest BCUT2D eigenvalue weighted by Gasteiger charge is -2.34. The quantitative estimate of drug-likeness (QED) is 0.103. The highest BCUT2D eigenvalue weighted by atomic mass is 16.8. The highest BCUT2D eigenvalue weighted by molar-refractivity contribution is 5.39. The summed E-state index contributed by atoms with van der Waals surface area (Å²) >= 11 is 0. The van der Waals surface area contributed by atoms with E-state index in [0.717, 1.165) is 37.7 Å². The van der Waals surface area contributed by atoms with Gasteiger partial charge in [0.1, 0.15) is 0 Å². The van der Waals surface area contributed by atoms with Gasteiger partial charge < -0.3 is 9.47 Å². The average Bonchev–Trinajstić information content (AvgIpc) is 3.18. The Morgan fingerprint density at radius 2 is 0.780 bits per heavy atom. The molecule has 0 aliphatic carbocycles. The first-order chi connectivity index (χ1) is 20.2. The van der Waals surface area contributed by atoms with E-state index in [-0.39, 0.29) is 0 Å². The molecule has 41 heavy (non-hydrogen) atoms. The van der Waals surface area contributed by atoms with Crippen molar-refractivity contribution < 1.29 is 14.2 Å². The molecule has 0 radical (unpaired) electrons. The maximum absolute atomic E-state index is 6.59. The smallest absolute Gasteiger partial charge is 0.266 e. The molecule has 1 aliphatic heterocycles. The zero-order valence-electron chi connectivity index (χ0n) is 27.6. The summed E-state index contributed by atoms with van der Waals surface area (Å²) in [7, 11) is 0. The minimum atomic E-state index is -0.436. The highest BCUT2D eigenvalue weighted by Crippen LogP contribution is 2.33. The molecule has 0 saturated heterocycles. The van der Waals surface area contributed by atoms with Crippen LogP contribution in [0.1, 0.15) is 156 Å². The first kappa shape index (κ1) is 35.9. The lowest BCUT2D eigenvalue weighted by Crippen LogP contribution is -2.49. The van der Waals surface area contributed by atoms with Crippen molar-refractivity contribution in [1.29, 1.82) is 0 Å². The predicted molar refractivity (Wildman–Crippen MR) is 175 cm³/mol. The molecule has 1 aliphatic rings. The number of unbranched alkanes of at least 4 members (excludes halogenated alkanes) is 18. The fourth-order valence-electron chi connectivity index (χ4n) is 5.77. The molecule has 1 aromatic rings. The Labute approximate surface area is 254 Å². The van der Waals surface area contributed by atoms with Gasteiger partial charge in [-0.2, -0.15) is 0 Å². The molecule has 1 aromatic carbocycles. The van der Waals surface area contributed by atoms with Crippen molar-refractivity contribution in [3.05, 3.63) is 24.3 Å². The number of nitrogens with zero attached hydrogens (tertiary/aromatic N) is 2. The second-order valence-electron chi connectivity index (χ2n) is 12.1. The van der Waals surface area contributed by atoms with Gasteiger partial charge in [-0.3, -0.25) is 4.74 Å². The summed E-state index contributed by atoms with van der Waals surface area (Å²) in [5, 5.41) is 0. The van der Waals surface area contributed by atoms with E-state index >= 15 is 0 Å². The Bertz CT molecular complexity index is 672. The molecule has 2 rings (SSSR count). The summed E-state index contributed by atoms with van der Waals surface area (Å²) in [5.74, 6) is 1.55. The Hall–Kier alpha value is -1.30. The lowest BCUT2D eigenvalue weighted by molar-refractivity contribution is -0.275. The van der Waals surface area contributed by atoms with Gasteiger partial charge in [0.15, 0.2) is 11.5 Å². The Morgan fingerprint density at radius 3 is 1.10 bits per heavy atom. The summed E-state index contributed by atoms with van der Waals surface area (Å²) in [6, 6.07) is 8.03.